The second-order valence-corrected chi connectivity index (χ2v) is 5.31. The summed E-state index contributed by atoms with van der Waals surface area (Å²) in [6, 6.07) is 13.4. The van der Waals surface area contributed by atoms with Crippen molar-refractivity contribution in [2.75, 3.05) is 21.3 Å². The normalized spacial score (nSPS) is 11.3. The summed E-state index contributed by atoms with van der Waals surface area (Å²) in [5.41, 5.74) is 1.28. The first kappa shape index (κ1) is 18.3. The predicted octanol–water partition coefficient (Wildman–Crippen LogP) is 2.22. The molecule has 0 saturated heterocycles. The standard InChI is InChI=1S/C19H21NO5/c1-23-16-10-9-14(12-17(16)24-2)18(21)20-15(19(22)25-3)11-13-7-5-4-6-8-13/h4-10,12,15H,11H2,1-3H3,(H,20,21). The molecule has 0 aliphatic carbocycles. The molecule has 0 saturated carbocycles. The second kappa shape index (κ2) is 8.73. The summed E-state index contributed by atoms with van der Waals surface area (Å²) in [6.07, 6.45) is 0.340. The van der Waals surface area contributed by atoms with E-state index in [-0.39, 0.29) is 0 Å². The summed E-state index contributed by atoms with van der Waals surface area (Å²) in [5.74, 6) is 0.0608. The lowest BCUT2D eigenvalue weighted by Crippen LogP contribution is -2.43. The van der Waals surface area contributed by atoms with Gasteiger partial charge in [-0.2, -0.15) is 0 Å². The maximum absolute atomic E-state index is 12.5. The number of methoxy groups -OCH3 is 3. The minimum atomic E-state index is -0.784. The Morgan fingerprint density at radius 1 is 0.960 bits per heavy atom. The fourth-order valence-electron chi connectivity index (χ4n) is 2.40. The molecule has 2 aromatic carbocycles. The molecule has 0 aromatic heterocycles. The number of hydrogen-bond donors (Lipinski definition) is 1. The van der Waals surface area contributed by atoms with Gasteiger partial charge in [-0.3, -0.25) is 4.79 Å². The van der Waals surface area contributed by atoms with Crippen LogP contribution < -0.4 is 14.8 Å². The highest BCUT2D eigenvalue weighted by Crippen LogP contribution is 2.27. The summed E-state index contributed by atoms with van der Waals surface area (Å²) in [4.78, 5) is 24.5. The van der Waals surface area contributed by atoms with Gasteiger partial charge >= 0.3 is 5.97 Å². The van der Waals surface area contributed by atoms with Crippen molar-refractivity contribution >= 4 is 11.9 Å². The van der Waals surface area contributed by atoms with E-state index < -0.39 is 17.9 Å². The number of nitrogens with one attached hydrogen (secondary N) is 1. The molecule has 0 heterocycles. The van der Waals surface area contributed by atoms with E-state index in [0.29, 0.717) is 23.5 Å². The quantitative estimate of drug-likeness (QED) is 0.781. The smallest absolute Gasteiger partial charge is 0.328 e. The molecule has 0 aliphatic heterocycles. The maximum atomic E-state index is 12.5. The van der Waals surface area contributed by atoms with Crippen molar-refractivity contribution in [3.8, 4) is 11.5 Å². The van der Waals surface area contributed by atoms with Gasteiger partial charge in [-0.15, -0.1) is 0 Å². The predicted molar refractivity (Wildman–Crippen MR) is 93.0 cm³/mol. The average molecular weight is 343 g/mol. The van der Waals surface area contributed by atoms with Crippen LogP contribution in [0.5, 0.6) is 11.5 Å². The molecule has 132 valence electrons. The van der Waals surface area contributed by atoms with Crippen LogP contribution in [0.4, 0.5) is 0 Å². The van der Waals surface area contributed by atoms with Crippen molar-refractivity contribution in [1.82, 2.24) is 5.32 Å². The van der Waals surface area contributed by atoms with E-state index in [1.807, 2.05) is 30.3 Å². The van der Waals surface area contributed by atoms with Gasteiger partial charge in [-0.1, -0.05) is 30.3 Å². The molecule has 6 heteroatoms. The van der Waals surface area contributed by atoms with E-state index in [9.17, 15) is 9.59 Å². The second-order valence-electron chi connectivity index (χ2n) is 5.31. The van der Waals surface area contributed by atoms with E-state index in [1.54, 1.807) is 18.2 Å². The van der Waals surface area contributed by atoms with Gasteiger partial charge in [0.2, 0.25) is 0 Å². The summed E-state index contributed by atoms with van der Waals surface area (Å²) in [7, 11) is 4.31. The molecule has 1 N–H and O–H groups in total. The van der Waals surface area contributed by atoms with Crippen LogP contribution in [0.2, 0.25) is 0 Å². The number of esters is 1. The Morgan fingerprint density at radius 3 is 2.24 bits per heavy atom. The van der Waals surface area contributed by atoms with E-state index in [1.165, 1.54) is 21.3 Å². The topological polar surface area (TPSA) is 73.9 Å². The minimum absolute atomic E-state index is 0.340. The molecule has 0 radical (unpaired) electrons. The fourth-order valence-corrected chi connectivity index (χ4v) is 2.40. The van der Waals surface area contributed by atoms with Crippen LogP contribution in [-0.4, -0.2) is 39.2 Å². The molecular formula is C19H21NO5. The molecule has 2 aromatic rings. The Bertz CT molecular complexity index is 730. The number of ether oxygens (including phenoxy) is 3. The van der Waals surface area contributed by atoms with Crippen LogP contribution in [0.25, 0.3) is 0 Å². The Labute approximate surface area is 146 Å². The van der Waals surface area contributed by atoms with Gasteiger partial charge in [0.05, 0.1) is 21.3 Å². The molecule has 0 aliphatic rings. The zero-order valence-corrected chi connectivity index (χ0v) is 14.4. The third-order valence-corrected chi connectivity index (χ3v) is 3.72. The van der Waals surface area contributed by atoms with Gasteiger partial charge in [0.25, 0.3) is 5.91 Å². The number of carbonyl (C=O) groups excluding carboxylic acids is 2. The Hall–Kier alpha value is -3.02. The van der Waals surface area contributed by atoms with Crippen LogP contribution in [0, 0.1) is 0 Å². The lowest BCUT2D eigenvalue weighted by atomic mass is 10.1. The number of hydrogen-bond acceptors (Lipinski definition) is 5. The number of rotatable bonds is 7. The third-order valence-electron chi connectivity index (χ3n) is 3.72. The minimum Gasteiger partial charge on any atom is -0.493 e. The summed E-state index contributed by atoms with van der Waals surface area (Å²) in [6.45, 7) is 0. The van der Waals surface area contributed by atoms with Crippen LogP contribution in [-0.2, 0) is 16.0 Å². The highest BCUT2D eigenvalue weighted by Gasteiger charge is 2.23. The van der Waals surface area contributed by atoms with Crippen molar-refractivity contribution < 1.29 is 23.8 Å². The van der Waals surface area contributed by atoms with E-state index >= 15 is 0 Å². The van der Waals surface area contributed by atoms with Crippen LogP contribution >= 0.6 is 0 Å². The van der Waals surface area contributed by atoms with Gasteiger partial charge in [0, 0.05) is 12.0 Å². The average Bonchev–Trinajstić information content (AvgIpc) is 2.66. The SMILES string of the molecule is COC(=O)C(Cc1ccccc1)NC(=O)c1ccc(OC)c(OC)c1. The van der Waals surface area contributed by atoms with Crippen molar-refractivity contribution in [1.29, 1.82) is 0 Å². The van der Waals surface area contributed by atoms with Gasteiger partial charge in [0.15, 0.2) is 11.5 Å². The monoisotopic (exact) mass is 343 g/mol. The Morgan fingerprint density at radius 2 is 1.64 bits per heavy atom. The molecule has 6 nitrogen and oxygen atoms in total. The van der Waals surface area contributed by atoms with E-state index in [2.05, 4.69) is 5.32 Å². The lowest BCUT2D eigenvalue weighted by Gasteiger charge is -2.17. The zero-order valence-electron chi connectivity index (χ0n) is 14.4. The fraction of sp³-hybridized carbons (Fsp3) is 0.263. The third kappa shape index (κ3) is 4.73. The molecule has 1 unspecified atom stereocenters. The van der Waals surface area contributed by atoms with Crippen molar-refractivity contribution in [2.24, 2.45) is 0 Å². The van der Waals surface area contributed by atoms with Crippen LogP contribution in [0.15, 0.2) is 48.5 Å². The molecule has 1 amide bonds. The summed E-state index contributed by atoms with van der Waals surface area (Å²) in [5, 5.41) is 2.71. The molecule has 25 heavy (non-hydrogen) atoms. The van der Waals surface area contributed by atoms with Gasteiger partial charge in [-0.25, -0.2) is 4.79 Å². The van der Waals surface area contributed by atoms with E-state index in [4.69, 9.17) is 14.2 Å². The van der Waals surface area contributed by atoms with E-state index in [0.717, 1.165) is 5.56 Å². The summed E-state index contributed by atoms with van der Waals surface area (Å²) < 4.78 is 15.2. The van der Waals surface area contributed by atoms with Gasteiger partial charge < -0.3 is 19.5 Å². The first-order valence-electron chi connectivity index (χ1n) is 7.73. The zero-order chi connectivity index (χ0) is 18.2. The number of amides is 1. The van der Waals surface area contributed by atoms with Crippen molar-refractivity contribution in [3.05, 3.63) is 59.7 Å². The summed E-state index contributed by atoms with van der Waals surface area (Å²) >= 11 is 0. The number of benzene rings is 2. The first-order chi connectivity index (χ1) is 12.1. The molecule has 0 fully saturated rings. The highest BCUT2D eigenvalue weighted by molar-refractivity contribution is 5.97. The largest absolute Gasteiger partial charge is 0.493 e. The first-order valence-corrected chi connectivity index (χ1v) is 7.73. The van der Waals surface area contributed by atoms with Crippen molar-refractivity contribution in [3.63, 3.8) is 0 Å². The Kier molecular flexibility index (Phi) is 6.39. The number of carbonyl (C=O) groups is 2. The maximum Gasteiger partial charge on any atom is 0.328 e. The lowest BCUT2D eigenvalue weighted by molar-refractivity contribution is -0.142. The van der Waals surface area contributed by atoms with Crippen LogP contribution in [0.1, 0.15) is 15.9 Å². The molecular weight excluding hydrogens is 322 g/mol. The van der Waals surface area contributed by atoms with Gasteiger partial charge in [-0.05, 0) is 23.8 Å². The van der Waals surface area contributed by atoms with Crippen molar-refractivity contribution in [2.45, 2.75) is 12.5 Å². The molecule has 0 spiro atoms. The molecule has 1 atom stereocenters. The molecule has 0 bridgehead atoms. The van der Waals surface area contributed by atoms with Gasteiger partial charge in [0.1, 0.15) is 6.04 Å². The highest BCUT2D eigenvalue weighted by atomic mass is 16.5. The molecule has 2 rings (SSSR count). The van der Waals surface area contributed by atoms with Crippen LogP contribution in [0.3, 0.4) is 0 Å². The Balaban J connectivity index is 2.17.